The highest BCUT2D eigenvalue weighted by atomic mass is 16.1. The lowest BCUT2D eigenvalue weighted by Gasteiger charge is -1.75. The Morgan fingerprint density at radius 3 is 2.00 bits per heavy atom. The third kappa shape index (κ3) is 1.72. The molecular formula is C6H12O. The fourth-order valence-corrected chi connectivity index (χ4v) is 0.490. The van der Waals surface area contributed by atoms with Crippen LogP contribution in [0.1, 0.15) is 27.2 Å². The summed E-state index contributed by atoms with van der Waals surface area (Å²) < 4.78 is 0. The fraction of sp³-hybridized carbons (Fsp3) is 0.833. The molecule has 1 heteroatoms. The fourth-order valence-electron chi connectivity index (χ4n) is 0.490. The molecule has 1 aliphatic carbocycles. The van der Waals surface area contributed by atoms with Gasteiger partial charge in [0.15, 0.2) is 0 Å². The molecule has 0 aliphatic heterocycles. The molecule has 0 N–H and O–H groups in total. The third-order valence-corrected chi connectivity index (χ3v) is 1.15. The second-order valence-electron chi connectivity index (χ2n) is 1.88. The predicted molar refractivity (Wildman–Crippen MR) is 30.1 cm³/mol. The van der Waals surface area contributed by atoms with Crippen LogP contribution in [0.4, 0.5) is 0 Å². The van der Waals surface area contributed by atoms with E-state index in [2.05, 4.69) is 0 Å². The van der Waals surface area contributed by atoms with Crippen molar-refractivity contribution in [3.63, 3.8) is 0 Å². The number of hydrogen-bond acceptors (Lipinski definition) is 1. The molecule has 1 saturated carbocycles. The Kier molecular flexibility index (Phi) is 2.00. The number of hydrogen-bond donors (Lipinski definition) is 0. The van der Waals surface area contributed by atoms with Gasteiger partial charge in [-0.2, -0.15) is 0 Å². The molecule has 0 atom stereocenters. The van der Waals surface area contributed by atoms with Gasteiger partial charge in [-0.3, -0.25) is 4.79 Å². The smallest absolute Gasteiger partial charge is 0.132 e. The predicted octanol–water partition coefficient (Wildman–Crippen LogP) is 1.62. The zero-order valence-electron chi connectivity index (χ0n) is 3.90. The van der Waals surface area contributed by atoms with Gasteiger partial charge < -0.3 is 0 Å². The van der Waals surface area contributed by atoms with Crippen LogP contribution < -0.4 is 0 Å². The summed E-state index contributed by atoms with van der Waals surface area (Å²) in [5, 5.41) is 0. The Balaban J connectivity index is 0.000000360. The van der Waals surface area contributed by atoms with E-state index >= 15 is 0 Å². The van der Waals surface area contributed by atoms with E-state index in [-0.39, 0.29) is 7.43 Å². The monoisotopic (exact) mass is 100 g/mol. The van der Waals surface area contributed by atoms with Gasteiger partial charge >= 0.3 is 0 Å². The maximum Gasteiger partial charge on any atom is 0.132 e. The molecule has 0 spiro atoms. The average Bonchev–Trinajstić information content (AvgIpc) is 2.06. The lowest BCUT2D eigenvalue weighted by molar-refractivity contribution is -0.118. The Bertz CT molecular complexity index is 72.2. The molecule has 7 heavy (non-hydrogen) atoms. The van der Waals surface area contributed by atoms with Crippen LogP contribution in [0.5, 0.6) is 0 Å². The Labute approximate surface area is 44.7 Å². The van der Waals surface area contributed by atoms with Crippen LogP contribution in [0.3, 0.4) is 0 Å². The summed E-state index contributed by atoms with van der Waals surface area (Å²) in [4.78, 5) is 10.2. The van der Waals surface area contributed by atoms with Gasteiger partial charge in [0.1, 0.15) is 5.78 Å². The molecule has 0 aromatic rings. The lowest BCUT2D eigenvalue weighted by Crippen LogP contribution is -1.88. The molecule has 0 saturated heterocycles. The summed E-state index contributed by atoms with van der Waals surface area (Å²) in [6, 6.07) is 0. The summed E-state index contributed by atoms with van der Waals surface area (Å²) in [6.45, 7) is 1.66. The van der Waals surface area contributed by atoms with E-state index in [9.17, 15) is 4.79 Å². The highest BCUT2D eigenvalue weighted by molar-refractivity contribution is 5.80. The van der Waals surface area contributed by atoms with Gasteiger partial charge in [0, 0.05) is 5.92 Å². The van der Waals surface area contributed by atoms with Gasteiger partial charge in [-0.1, -0.05) is 7.43 Å². The molecule has 1 rings (SSSR count). The van der Waals surface area contributed by atoms with E-state index in [1.165, 1.54) is 0 Å². The normalized spacial score (nSPS) is 17.9. The number of carbonyl (C=O) groups is 1. The Morgan fingerprint density at radius 2 is 2.00 bits per heavy atom. The van der Waals surface area contributed by atoms with Crippen LogP contribution in [-0.4, -0.2) is 5.78 Å². The van der Waals surface area contributed by atoms with E-state index in [4.69, 9.17) is 0 Å². The molecule has 0 aromatic carbocycles. The van der Waals surface area contributed by atoms with Crippen molar-refractivity contribution in [1.29, 1.82) is 0 Å². The Morgan fingerprint density at radius 1 is 1.57 bits per heavy atom. The van der Waals surface area contributed by atoms with Crippen LogP contribution >= 0.6 is 0 Å². The van der Waals surface area contributed by atoms with Crippen molar-refractivity contribution in [1.82, 2.24) is 0 Å². The first-order chi connectivity index (χ1) is 2.80. The van der Waals surface area contributed by atoms with E-state index < -0.39 is 0 Å². The van der Waals surface area contributed by atoms with Gasteiger partial charge in [-0.05, 0) is 19.8 Å². The molecule has 0 unspecified atom stereocenters. The quantitative estimate of drug-likeness (QED) is 0.489. The second kappa shape index (κ2) is 2.10. The van der Waals surface area contributed by atoms with Crippen molar-refractivity contribution in [3.8, 4) is 0 Å². The molecule has 0 bridgehead atoms. The highest BCUT2D eigenvalue weighted by Gasteiger charge is 2.25. The summed E-state index contributed by atoms with van der Waals surface area (Å²) in [7, 11) is 0. The standard InChI is InChI=1S/C5H8O.CH4/c1-4(6)5-2-3-5;/h5H,2-3H2,1H3;1H4. The molecule has 1 nitrogen and oxygen atoms in total. The van der Waals surface area contributed by atoms with Crippen LogP contribution in [-0.2, 0) is 4.79 Å². The number of Topliss-reactive ketones (excluding diaryl/α,β-unsaturated/α-hetero) is 1. The van der Waals surface area contributed by atoms with Crippen molar-refractivity contribution in [2.75, 3.05) is 0 Å². The minimum absolute atomic E-state index is 0. The summed E-state index contributed by atoms with van der Waals surface area (Å²) >= 11 is 0. The van der Waals surface area contributed by atoms with Crippen LogP contribution in [0.15, 0.2) is 0 Å². The molecule has 0 radical (unpaired) electrons. The SMILES string of the molecule is C.CC(=O)C1CC1. The topological polar surface area (TPSA) is 17.1 Å². The van der Waals surface area contributed by atoms with E-state index in [0.29, 0.717) is 11.7 Å². The van der Waals surface area contributed by atoms with Crippen molar-refractivity contribution in [3.05, 3.63) is 0 Å². The molecule has 0 aromatic heterocycles. The Hall–Kier alpha value is -0.330. The van der Waals surface area contributed by atoms with Crippen molar-refractivity contribution >= 4 is 5.78 Å². The van der Waals surface area contributed by atoms with Crippen LogP contribution in [0.25, 0.3) is 0 Å². The average molecular weight is 100 g/mol. The number of carbonyl (C=O) groups excluding carboxylic acids is 1. The van der Waals surface area contributed by atoms with Gasteiger partial charge in [-0.15, -0.1) is 0 Å². The summed E-state index contributed by atoms with van der Waals surface area (Å²) in [5.41, 5.74) is 0. The van der Waals surface area contributed by atoms with Gasteiger partial charge in [0.05, 0.1) is 0 Å². The van der Waals surface area contributed by atoms with Crippen molar-refractivity contribution < 1.29 is 4.79 Å². The first-order valence-corrected chi connectivity index (χ1v) is 2.31. The molecule has 42 valence electrons. The summed E-state index contributed by atoms with van der Waals surface area (Å²) in [5.74, 6) is 0.833. The van der Waals surface area contributed by atoms with E-state index in [1.807, 2.05) is 0 Å². The first-order valence-electron chi connectivity index (χ1n) is 2.31. The first kappa shape index (κ1) is 6.67. The van der Waals surface area contributed by atoms with E-state index in [1.54, 1.807) is 6.92 Å². The lowest BCUT2D eigenvalue weighted by atomic mass is 10.3. The summed E-state index contributed by atoms with van der Waals surface area (Å²) in [6.07, 6.45) is 2.30. The van der Waals surface area contributed by atoms with Gasteiger partial charge in [0.25, 0.3) is 0 Å². The highest BCUT2D eigenvalue weighted by Crippen LogP contribution is 2.29. The van der Waals surface area contributed by atoms with Crippen LogP contribution in [0, 0.1) is 5.92 Å². The minimum Gasteiger partial charge on any atom is -0.300 e. The van der Waals surface area contributed by atoms with Crippen molar-refractivity contribution in [2.45, 2.75) is 27.2 Å². The largest absolute Gasteiger partial charge is 0.300 e. The molecule has 0 amide bonds. The zero-order chi connectivity index (χ0) is 4.57. The maximum absolute atomic E-state index is 10.2. The number of rotatable bonds is 1. The molecule has 1 fully saturated rings. The van der Waals surface area contributed by atoms with Crippen molar-refractivity contribution in [2.24, 2.45) is 5.92 Å². The van der Waals surface area contributed by atoms with Gasteiger partial charge in [-0.25, -0.2) is 0 Å². The van der Waals surface area contributed by atoms with Crippen LogP contribution in [0.2, 0.25) is 0 Å². The molecule has 1 aliphatic rings. The van der Waals surface area contributed by atoms with Gasteiger partial charge in [0.2, 0.25) is 0 Å². The minimum atomic E-state index is 0. The molecular weight excluding hydrogens is 88.1 g/mol. The van der Waals surface area contributed by atoms with E-state index in [0.717, 1.165) is 12.8 Å². The zero-order valence-corrected chi connectivity index (χ0v) is 3.90. The third-order valence-electron chi connectivity index (χ3n) is 1.15. The molecule has 0 heterocycles. The second-order valence-corrected chi connectivity index (χ2v) is 1.88. The maximum atomic E-state index is 10.2. The number of ketones is 1.